The van der Waals surface area contributed by atoms with Crippen LogP contribution in [0.1, 0.15) is 233 Å². The van der Waals surface area contributed by atoms with E-state index in [9.17, 15) is 19.0 Å². The zero-order valence-electron chi connectivity index (χ0n) is 42.5. The summed E-state index contributed by atoms with van der Waals surface area (Å²) < 4.78 is 30.5. The van der Waals surface area contributed by atoms with Crippen LogP contribution in [0.3, 0.4) is 0 Å². The normalized spacial score (nSPS) is 14.3. The lowest BCUT2D eigenvalue weighted by Gasteiger charge is -2.27. The molecular formula is C54H102N2O7P+. The molecule has 0 radical (unpaired) electrons. The van der Waals surface area contributed by atoms with E-state index in [0.717, 1.165) is 83.5 Å². The van der Waals surface area contributed by atoms with Crippen molar-refractivity contribution in [1.82, 2.24) is 5.32 Å². The number of carbonyl (C=O) groups excluding carboxylic acids is 2. The van der Waals surface area contributed by atoms with Crippen LogP contribution in [0.15, 0.2) is 48.6 Å². The average molecular weight is 922 g/mol. The van der Waals surface area contributed by atoms with Crippen LogP contribution < -0.4 is 5.32 Å². The Balaban J connectivity index is 5.47. The largest absolute Gasteiger partial charge is 0.472 e. The fourth-order valence-electron chi connectivity index (χ4n) is 7.42. The smallest absolute Gasteiger partial charge is 0.456 e. The summed E-state index contributed by atoms with van der Waals surface area (Å²) in [5.41, 5.74) is 0. The first-order valence-electron chi connectivity index (χ1n) is 26.5. The molecule has 3 atom stereocenters. The lowest BCUT2D eigenvalue weighted by Crippen LogP contribution is -2.47. The highest BCUT2D eigenvalue weighted by molar-refractivity contribution is 7.47. The maximum absolute atomic E-state index is 13.4. The van der Waals surface area contributed by atoms with Gasteiger partial charge >= 0.3 is 13.8 Å². The highest BCUT2D eigenvalue weighted by Gasteiger charge is 2.30. The second kappa shape index (κ2) is 44.8. The molecule has 1 amide bonds. The molecule has 0 aliphatic heterocycles. The van der Waals surface area contributed by atoms with Crippen LogP contribution in [0, 0.1) is 0 Å². The van der Waals surface area contributed by atoms with Crippen LogP contribution >= 0.6 is 7.82 Å². The maximum atomic E-state index is 13.4. The van der Waals surface area contributed by atoms with E-state index in [1.54, 1.807) is 0 Å². The van der Waals surface area contributed by atoms with Gasteiger partial charge in [0, 0.05) is 12.8 Å². The quantitative estimate of drug-likeness (QED) is 0.0206. The van der Waals surface area contributed by atoms with Crippen LogP contribution in [0.2, 0.25) is 0 Å². The topological polar surface area (TPSA) is 111 Å². The number of hydrogen-bond donors (Lipinski definition) is 2. The Kier molecular flexibility index (Phi) is 43.4. The van der Waals surface area contributed by atoms with Crippen molar-refractivity contribution in [1.29, 1.82) is 0 Å². The van der Waals surface area contributed by atoms with Crippen molar-refractivity contribution in [3.8, 4) is 0 Å². The Morgan fingerprint density at radius 3 is 1.50 bits per heavy atom. The molecular weight excluding hydrogens is 820 g/mol. The average Bonchev–Trinajstić information content (AvgIpc) is 3.25. The van der Waals surface area contributed by atoms with Crippen LogP contribution in [0.4, 0.5) is 0 Å². The predicted molar refractivity (Wildman–Crippen MR) is 272 cm³/mol. The highest BCUT2D eigenvalue weighted by atomic mass is 31.2. The minimum Gasteiger partial charge on any atom is -0.456 e. The van der Waals surface area contributed by atoms with Gasteiger partial charge in [-0.25, -0.2) is 4.57 Å². The number of ether oxygens (including phenoxy) is 1. The van der Waals surface area contributed by atoms with Gasteiger partial charge in [0.1, 0.15) is 19.3 Å². The maximum Gasteiger partial charge on any atom is 0.472 e. The molecule has 0 saturated heterocycles. The van der Waals surface area contributed by atoms with Crippen LogP contribution in [-0.2, 0) is 27.9 Å². The Hall–Kier alpha value is -2.03. The van der Waals surface area contributed by atoms with E-state index >= 15 is 0 Å². The molecule has 0 fully saturated rings. The first kappa shape index (κ1) is 62.0. The van der Waals surface area contributed by atoms with Gasteiger partial charge in [-0.15, -0.1) is 0 Å². The monoisotopic (exact) mass is 922 g/mol. The molecule has 0 rings (SSSR count). The molecule has 10 heteroatoms. The lowest BCUT2D eigenvalue weighted by atomic mass is 10.0. The number of phosphoric ester groups is 1. The first-order chi connectivity index (χ1) is 30.9. The molecule has 0 aliphatic carbocycles. The number of hydrogen-bond acceptors (Lipinski definition) is 6. The third-order valence-corrected chi connectivity index (χ3v) is 12.5. The summed E-state index contributed by atoms with van der Waals surface area (Å²) in [5, 5.41) is 3.03. The van der Waals surface area contributed by atoms with E-state index in [4.69, 9.17) is 13.8 Å². The molecule has 0 heterocycles. The van der Waals surface area contributed by atoms with Crippen molar-refractivity contribution in [3.05, 3.63) is 48.6 Å². The number of carbonyl (C=O) groups is 2. The molecule has 0 spiro atoms. The summed E-state index contributed by atoms with van der Waals surface area (Å²) in [6.07, 6.45) is 52.4. The van der Waals surface area contributed by atoms with Crippen LogP contribution in [0.5, 0.6) is 0 Å². The Labute approximate surface area is 395 Å². The van der Waals surface area contributed by atoms with Crippen molar-refractivity contribution in [2.75, 3.05) is 40.9 Å². The van der Waals surface area contributed by atoms with Gasteiger partial charge in [-0.05, 0) is 63.9 Å². The lowest BCUT2D eigenvalue weighted by molar-refractivity contribution is -0.870. The third-order valence-electron chi connectivity index (χ3n) is 11.5. The van der Waals surface area contributed by atoms with Crippen molar-refractivity contribution in [2.24, 2.45) is 0 Å². The third kappa shape index (κ3) is 45.1. The standard InChI is InChI=1S/C54H101N2O7P/c1-7-10-13-16-19-22-25-27-29-32-35-38-41-44-47-54(58)63-52(45-42-39-36-33-31-28-26-23-20-17-14-11-8-2)51(50-62-64(59,60)61-49-48-56(4,5)6)55-53(57)46-43-40-37-34-30-24-21-18-15-12-9-3/h10,13,19,22,27,29,42,45,51-52H,7-9,11-12,14-18,20-21,23-26,28,30-41,43-44,46-50H2,1-6H3,(H-,55,57,59,60)/p+1/b13-10+,22-19+,29-27+,45-42+. The summed E-state index contributed by atoms with van der Waals surface area (Å²) >= 11 is 0. The number of phosphoric acid groups is 1. The Morgan fingerprint density at radius 1 is 0.562 bits per heavy atom. The molecule has 0 aromatic rings. The van der Waals surface area contributed by atoms with Gasteiger partial charge in [-0.2, -0.15) is 0 Å². The summed E-state index contributed by atoms with van der Waals surface area (Å²) in [4.78, 5) is 37.4. The number of quaternary nitrogens is 1. The molecule has 2 N–H and O–H groups in total. The highest BCUT2D eigenvalue weighted by Crippen LogP contribution is 2.43. The number of unbranched alkanes of at least 4 members (excludes halogenated alkanes) is 25. The summed E-state index contributed by atoms with van der Waals surface area (Å²) in [5.74, 6) is -0.530. The van der Waals surface area contributed by atoms with E-state index in [-0.39, 0.29) is 31.5 Å². The molecule has 0 saturated carbocycles. The minimum atomic E-state index is -4.44. The number of allylic oxidation sites excluding steroid dienone is 7. The summed E-state index contributed by atoms with van der Waals surface area (Å²) in [7, 11) is 1.48. The summed E-state index contributed by atoms with van der Waals surface area (Å²) in [6, 6.07) is -0.852. The van der Waals surface area contributed by atoms with Gasteiger partial charge in [0.25, 0.3) is 0 Å². The molecule has 0 aromatic carbocycles. The molecule has 64 heavy (non-hydrogen) atoms. The number of nitrogens with one attached hydrogen (secondary N) is 1. The van der Waals surface area contributed by atoms with Crippen LogP contribution in [-0.4, -0.2) is 74.3 Å². The van der Waals surface area contributed by atoms with Gasteiger partial charge in [-0.3, -0.25) is 18.6 Å². The fraction of sp³-hybridized carbons (Fsp3) is 0.815. The molecule has 0 aliphatic rings. The number of rotatable bonds is 47. The van der Waals surface area contributed by atoms with E-state index in [1.807, 2.05) is 33.3 Å². The SMILES string of the molecule is CC/C=C/C/C=C/C/C=C/CCCCCCC(=O)OC(/C=C/CCCCCCCCCCCCC)C(COP(=O)(O)OCC[N+](C)(C)C)NC(=O)CCCCCCCCCCCCC. The van der Waals surface area contributed by atoms with Gasteiger partial charge < -0.3 is 19.4 Å². The van der Waals surface area contributed by atoms with Crippen molar-refractivity contribution in [3.63, 3.8) is 0 Å². The first-order valence-corrected chi connectivity index (χ1v) is 28.0. The number of esters is 1. The molecule has 3 unspecified atom stereocenters. The summed E-state index contributed by atoms with van der Waals surface area (Å²) in [6.45, 7) is 6.87. The van der Waals surface area contributed by atoms with Crippen molar-refractivity contribution in [2.45, 2.75) is 245 Å². The van der Waals surface area contributed by atoms with E-state index in [1.165, 1.54) is 109 Å². The van der Waals surface area contributed by atoms with Gasteiger partial charge in [0.2, 0.25) is 5.91 Å². The van der Waals surface area contributed by atoms with Gasteiger partial charge in [0.05, 0.1) is 33.8 Å². The predicted octanol–water partition coefficient (Wildman–Crippen LogP) is 15.4. The number of nitrogens with zero attached hydrogens (tertiary/aromatic N) is 1. The van der Waals surface area contributed by atoms with E-state index in [2.05, 4.69) is 62.5 Å². The second-order valence-corrected chi connectivity index (χ2v) is 20.5. The fourth-order valence-corrected chi connectivity index (χ4v) is 8.16. The Bertz CT molecular complexity index is 1240. The van der Waals surface area contributed by atoms with Gasteiger partial charge in [0.15, 0.2) is 0 Å². The minimum absolute atomic E-state index is 0.0370. The zero-order valence-corrected chi connectivity index (χ0v) is 43.4. The van der Waals surface area contributed by atoms with Gasteiger partial charge in [-0.1, -0.05) is 205 Å². The molecule has 374 valence electrons. The molecule has 9 nitrogen and oxygen atoms in total. The second-order valence-electron chi connectivity index (χ2n) is 19.0. The molecule has 0 aromatic heterocycles. The number of amides is 1. The van der Waals surface area contributed by atoms with Crippen molar-refractivity contribution < 1.29 is 37.3 Å². The Morgan fingerprint density at radius 2 is 1.00 bits per heavy atom. The zero-order chi connectivity index (χ0) is 47.3. The van der Waals surface area contributed by atoms with Crippen LogP contribution in [0.25, 0.3) is 0 Å². The molecule has 0 bridgehead atoms. The van der Waals surface area contributed by atoms with Crippen molar-refractivity contribution >= 4 is 19.7 Å². The number of likely N-dealkylation sites (N-methyl/N-ethyl adjacent to an activating group) is 1. The van der Waals surface area contributed by atoms with E-state index < -0.39 is 20.0 Å². The van der Waals surface area contributed by atoms with E-state index in [0.29, 0.717) is 23.9 Å².